The van der Waals surface area contributed by atoms with Crippen LogP contribution in [-0.4, -0.2) is 16.9 Å². The summed E-state index contributed by atoms with van der Waals surface area (Å²) in [4.78, 5) is 27.0. The molecule has 2 fully saturated rings. The number of carbonyl (C=O) groups excluding carboxylic acids is 1. The van der Waals surface area contributed by atoms with E-state index in [2.05, 4.69) is 10.3 Å². The molecule has 1 heterocycles. The lowest BCUT2D eigenvalue weighted by atomic mass is 9.76. The Hall–Kier alpha value is -2.07. The molecule has 0 atom stereocenters. The maximum atomic E-state index is 12.4. The minimum Gasteiger partial charge on any atom is -0.349 e. The summed E-state index contributed by atoms with van der Waals surface area (Å²) in [6.07, 6.45) is 4.02. The van der Waals surface area contributed by atoms with E-state index in [0.717, 1.165) is 36.4 Å². The fraction of sp³-hybridized carbons (Fsp3) is 0.368. The van der Waals surface area contributed by atoms with Crippen LogP contribution in [0.5, 0.6) is 0 Å². The molecule has 0 radical (unpaired) electrons. The van der Waals surface area contributed by atoms with Gasteiger partial charge in [0.25, 0.3) is 5.91 Å². The molecule has 24 heavy (non-hydrogen) atoms. The third kappa shape index (κ3) is 3.24. The van der Waals surface area contributed by atoms with Crippen molar-refractivity contribution < 1.29 is 4.79 Å². The lowest BCUT2D eigenvalue weighted by Crippen LogP contribution is -2.43. The number of rotatable bonds is 4. The number of H-pyrrole nitrogens is 1. The van der Waals surface area contributed by atoms with E-state index in [0.29, 0.717) is 17.4 Å². The first kappa shape index (κ1) is 15.5. The van der Waals surface area contributed by atoms with Crippen molar-refractivity contribution in [2.75, 3.05) is 0 Å². The maximum absolute atomic E-state index is 12.4. The smallest absolute Gasteiger partial charge is 0.251 e. The summed E-state index contributed by atoms with van der Waals surface area (Å²) < 4.78 is 0. The molecule has 0 bridgehead atoms. The first-order valence-corrected chi connectivity index (χ1v) is 8.77. The summed E-state index contributed by atoms with van der Waals surface area (Å²) >= 11 is 5.91. The number of aromatic nitrogens is 1. The number of benzene rings is 1. The van der Waals surface area contributed by atoms with Gasteiger partial charge in [0.2, 0.25) is 5.56 Å². The van der Waals surface area contributed by atoms with Gasteiger partial charge in [0.05, 0.1) is 0 Å². The van der Waals surface area contributed by atoms with E-state index in [-0.39, 0.29) is 17.5 Å². The van der Waals surface area contributed by atoms with Gasteiger partial charge >= 0.3 is 0 Å². The van der Waals surface area contributed by atoms with E-state index in [1.165, 1.54) is 11.6 Å². The van der Waals surface area contributed by atoms with Crippen molar-refractivity contribution in [3.05, 3.63) is 68.6 Å². The van der Waals surface area contributed by atoms with Crippen molar-refractivity contribution in [2.45, 2.75) is 43.6 Å². The van der Waals surface area contributed by atoms with Crippen LogP contribution in [-0.2, 0) is 0 Å². The highest BCUT2D eigenvalue weighted by molar-refractivity contribution is 6.30. The van der Waals surface area contributed by atoms with Gasteiger partial charge in [0.15, 0.2) is 0 Å². The first-order chi connectivity index (χ1) is 11.6. The van der Waals surface area contributed by atoms with Crippen LogP contribution in [0.15, 0.2) is 41.2 Å². The van der Waals surface area contributed by atoms with E-state index >= 15 is 0 Å². The van der Waals surface area contributed by atoms with Gasteiger partial charge in [-0.05, 0) is 61.3 Å². The van der Waals surface area contributed by atoms with Crippen LogP contribution in [0.3, 0.4) is 0 Å². The van der Waals surface area contributed by atoms with Crippen LogP contribution in [0.1, 0.15) is 59.1 Å². The van der Waals surface area contributed by atoms with Crippen LogP contribution >= 0.6 is 11.6 Å². The van der Waals surface area contributed by atoms with Gasteiger partial charge in [0, 0.05) is 28.4 Å². The molecule has 2 N–H and O–H groups in total. The molecule has 4 nitrogen and oxygen atoms in total. The third-order valence-electron chi connectivity index (χ3n) is 4.96. The molecule has 0 saturated heterocycles. The van der Waals surface area contributed by atoms with E-state index < -0.39 is 0 Å². The molecular formula is C19H19ClN2O2. The highest BCUT2D eigenvalue weighted by Gasteiger charge is 2.32. The van der Waals surface area contributed by atoms with Gasteiger partial charge in [-0.15, -0.1) is 0 Å². The van der Waals surface area contributed by atoms with Crippen LogP contribution in [0.25, 0.3) is 0 Å². The predicted octanol–water partition coefficient (Wildman–Crippen LogP) is 3.58. The molecular weight excluding hydrogens is 324 g/mol. The summed E-state index contributed by atoms with van der Waals surface area (Å²) in [6.45, 7) is 0. The SMILES string of the molecule is O=C(NC1CC(c2ccc(Cl)cc2)C1)c1cc(C2CC2)[nH]c(=O)c1. The van der Waals surface area contributed by atoms with E-state index in [9.17, 15) is 9.59 Å². The zero-order valence-electron chi connectivity index (χ0n) is 13.2. The first-order valence-electron chi connectivity index (χ1n) is 8.39. The maximum Gasteiger partial charge on any atom is 0.251 e. The Bertz CT molecular complexity index is 818. The average molecular weight is 343 g/mol. The van der Waals surface area contributed by atoms with Gasteiger partial charge in [-0.2, -0.15) is 0 Å². The lowest BCUT2D eigenvalue weighted by Gasteiger charge is -2.36. The van der Waals surface area contributed by atoms with Crippen LogP contribution < -0.4 is 10.9 Å². The monoisotopic (exact) mass is 342 g/mol. The number of hydrogen-bond acceptors (Lipinski definition) is 2. The van der Waals surface area contributed by atoms with E-state index in [1.54, 1.807) is 0 Å². The molecule has 2 aliphatic rings. The number of carbonyl (C=O) groups is 1. The second-order valence-electron chi connectivity index (χ2n) is 6.85. The molecule has 5 heteroatoms. The minimum absolute atomic E-state index is 0.150. The largest absolute Gasteiger partial charge is 0.349 e. The highest BCUT2D eigenvalue weighted by atomic mass is 35.5. The molecule has 124 valence electrons. The van der Waals surface area contributed by atoms with Crippen molar-refractivity contribution >= 4 is 17.5 Å². The van der Waals surface area contributed by atoms with E-state index in [4.69, 9.17) is 11.6 Å². The molecule has 4 rings (SSSR count). The number of aromatic amines is 1. The van der Waals surface area contributed by atoms with Crippen molar-refractivity contribution in [1.82, 2.24) is 10.3 Å². The molecule has 1 aromatic heterocycles. The van der Waals surface area contributed by atoms with Gasteiger partial charge in [-0.25, -0.2) is 0 Å². The molecule has 2 saturated carbocycles. The summed E-state index contributed by atoms with van der Waals surface area (Å²) in [5.41, 5.74) is 2.42. The van der Waals surface area contributed by atoms with Crippen molar-refractivity contribution in [2.24, 2.45) is 0 Å². The van der Waals surface area contributed by atoms with Crippen molar-refractivity contribution in [1.29, 1.82) is 0 Å². The molecule has 2 aliphatic carbocycles. The molecule has 2 aromatic rings. The molecule has 0 aliphatic heterocycles. The van der Waals surface area contributed by atoms with Gasteiger partial charge < -0.3 is 10.3 Å². The Balaban J connectivity index is 1.37. The number of nitrogens with one attached hydrogen (secondary N) is 2. The second-order valence-corrected chi connectivity index (χ2v) is 7.29. The fourth-order valence-electron chi connectivity index (χ4n) is 3.32. The van der Waals surface area contributed by atoms with Gasteiger partial charge in [0.1, 0.15) is 0 Å². The topological polar surface area (TPSA) is 62.0 Å². The summed E-state index contributed by atoms with van der Waals surface area (Å²) in [5.74, 6) is 0.736. The standard InChI is InChI=1S/C19H19ClN2O2/c20-15-5-3-11(4-6-15)13-7-16(8-13)21-19(24)14-9-17(12-1-2-12)22-18(23)10-14/h3-6,9-10,12-13,16H,1-2,7-8H2,(H,21,24)(H,22,23). The number of pyridine rings is 1. The summed E-state index contributed by atoms with van der Waals surface area (Å²) in [6, 6.07) is 11.3. The Morgan fingerprint density at radius 2 is 1.79 bits per heavy atom. The van der Waals surface area contributed by atoms with E-state index in [1.807, 2.05) is 30.3 Å². The van der Waals surface area contributed by atoms with Crippen LogP contribution in [0.2, 0.25) is 5.02 Å². The van der Waals surface area contributed by atoms with Crippen molar-refractivity contribution in [3.8, 4) is 0 Å². The fourth-order valence-corrected chi connectivity index (χ4v) is 3.45. The Morgan fingerprint density at radius 1 is 1.08 bits per heavy atom. The zero-order chi connectivity index (χ0) is 16.7. The molecule has 0 spiro atoms. The number of halogens is 1. The average Bonchev–Trinajstić information content (AvgIpc) is 3.35. The number of amides is 1. The zero-order valence-corrected chi connectivity index (χ0v) is 14.0. The number of hydrogen-bond donors (Lipinski definition) is 2. The second kappa shape index (κ2) is 6.10. The quantitative estimate of drug-likeness (QED) is 0.892. The highest BCUT2D eigenvalue weighted by Crippen LogP contribution is 2.39. The van der Waals surface area contributed by atoms with Crippen LogP contribution in [0, 0.1) is 0 Å². The Labute approximate surface area is 145 Å². The Morgan fingerprint density at radius 3 is 2.46 bits per heavy atom. The minimum atomic E-state index is -0.197. The predicted molar refractivity (Wildman–Crippen MR) is 93.7 cm³/mol. The summed E-state index contributed by atoms with van der Waals surface area (Å²) in [5, 5.41) is 3.78. The molecule has 0 unspecified atom stereocenters. The van der Waals surface area contributed by atoms with Crippen molar-refractivity contribution in [3.63, 3.8) is 0 Å². The molecule has 1 amide bonds. The van der Waals surface area contributed by atoms with Gasteiger partial charge in [-0.3, -0.25) is 9.59 Å². The Kier molecular flexibility index (Phi) is 3.93. The molecule has 1 aromatic carbocycles. The third-order valence-corrected chi connectivity index (χ3v) is 5.21. The van der Waals surface area contributed by atoms with Crippen LogP contribution in [0.4, 0.5) is 0 Å². The lowest BCUT2D eigenvalue weighted by molar-refractivity contribution is 0.0908. The summed E-state index contributed by atoms with van der Waals surface area (Å²) in [7, 11) is 0. The normalized spacial score (nSPS) is 22.7. The van der Waals surface area contributed by atoms with Gasteiger partial charge in [-0.1, -0.05) is 23.7 Å².